The normalized spacial score (nSPS) is 15.4. The molecule has 1 heterocycles. The second kappa shape index (κ2) is 6.23. The Balaban J connectivity index is 2.15. The Morgan fingerprint density at radius 1 is 1.35 bits per heavy atom. The summed E-state index contributed by atoms with van der Waals surface area (Å²) in [6.07, 6.45) is 0.271. The first-order valence-electron chi connectivity index (χ1n) is 6.56. The number of benzene rings is 1. The number of amides is 1. The van der Waals surface area contributed by atoms with Crippen molar-refractivity contribution < 1.29 is 19.4 Å². The van der Waals surface area contributed by atoms with Crippen LogP contribution in [0, 0.1) is 0 Å². The average molecular weight is 275 g/mol. The van der Waals surface area contributed by atoms with Crippen LogP contribution in [0.4, 0.5) is 0 Å². The number of rotatable bonds is 4. The highest BCUT2D eigenvalue weighted by Crippen LogP contribution is 2.20. The van der Waals surface area contributed by atoms with Crippen LogP contribution in [-0.2, 0) is 20.9 Å². The second-order valence-corrected chi connectivity index (χ2v) is 4.50. The number of aliphatic hydroxyl groups is 1. The van der Waals surface area contributed by atoms with Crippen molar-refractivity contribution in [3.8, 4) is 0 Å². The zero-order valence-electron chi connectivity index (χ0n) is 11.3. The summed E-state index contributed by atoms with van der Waals surface area (Å²) in [5, 5.41) is 9.75. The molecule has 1 amide bonds. The number of esters is 1. The topological polar surface area (TPSA) is 66.8 Å². The lowest BCUT2D eigenvalue weighted by molar-refractivity contribution is -0.143. The molecule has 0 unspecified atom stereocenters. The highest BCUT2D eigenvalue weighted by Gasteiger charge is 2.32. The summed E-state index contributed by atoms with van der Waals surface area (Å²) in [5.74, 6) is -1.42. The van der Waals surface area contributed by atoms with Crippen molar-refractivity contribution >= 4 is 11.9 Å². The monoisotopic (exact) mass is 275 g/mol. The molecule has 0 saturated heterocycles. The summed E-state index contributed by atoms with van der Waals surface area (Å²) in [6.45, 7) is 2.63. The zero-order chi connectivity index (χ0) is 14.5. The molecule has 20 heavy (non-hydrogen) atoms. The van der Waals surface area contributed by atoms with E-state index in [4.69, 9.17) is 4.74 Å². The van der Waals surface area contributed by atoms with Crippen LogP contribution in [0.2, 0.25) is 0 Å². The van der Waals surface area contributed by atoms with Gasteiger partial charge in [0.1, 0.15) is 5.76 Å². The molecule has 0 atom stereocenters. The molecule has 1 aromatic rings. The van der Waals surface area contributed by atoms with Crippen molar-refractivity contribution in [1.82, 2.24) is 4.90 Å². The summed E-state index contributed by atoms with van der Waals surface area (Å²) in [6, 6.07) is 9.51. The van der Waals surface area contributed by atoms with Crippen LogP contribution in [0.5, 0.6) is 0 Å². The summed E-state index contributed by atoms with van der Waals surface area (Å²) >= 11 is 0. The van der Waals surface area contributed by atoms with Gasteiger partial charge in [-0.15, -0.1) is 0 Å². The predicted octanol–water partition coefficient (Wildman–Crippen LogP) is 1.79. The van der Waals surface area contributed by atoms with Crippen molar-refractivity contribution in [2.24, 2.45) is 0 Å². The van der Waals surface area contributed by atoms with Crippen LogP contribution < -0.4 is 0 Å². The minimum atomic E-state index is -0.757. The van der Waals surface area contributed by atoms with Gasteiger partial charge in [0.05, 0.1) is 6.61 Å². The van der Waals surface area contributed by atoms with Crippen molar-refractivity contribution in [1.29, 1.82) is 0 Å². The first-order chi connectivity index (χ1) is 9.63. The summed E-state index contributed by atoms with van der Waals surface area (Å²) in [4.78, 5) is 25.5. The molecule has 0 saturated carbocycles. The summed E-state index contributed by atoms with van der Waals surface area (Å²) < 4.78 is 4.82. The number of hydrogen-bond acceptors (Lipinski definition) is 4. The molecular weight excluding hydrogens is 258 g/mol. The third-order valence-electron chi connectivity index (χ3n) is 3.10. The van der Waals surface area contributed by atoms with Crippen LogP contribution in [0.1, 0.15) is 18.9 Å². The van der Waals surface area contributed by atoms with Gasteiger partial charge in [-0.1, -0.05) is 30.3 Å². The molecule has 0 aliphatic carbocycles. The van der Waals surface area contributed by atoms with Gasteiger partial charge in [-0.2, -0.15) is 0 Å². The number of nitrogens with zero attached hydrogens (tertiary/aromatic N) is 1. The molecule has 0 radical (unpaired) electrons. The molecule has 1 N–H and O–H groups in total. The molecule has 2 rings (SSSR count). The standard InChI is InChI=1S/C15H17NO4/c1-2-20-15(19)13-12(17)8-9-16(14(13)18)10-11-6-4-3-5-7-11/h3-7,17H,2,8-10H2,1H3. The quantitative estimate of drug-likeness (QED) is 0.672. The second-order valence-electron chi connectivity index (χ2n) is 4.50. The molecule has 5 nitrogen and oxygen atoms in total. The molecule has 5 heteroatoms. The number of carbonyl (C=O) groups excluding carboxylic acids is 2. The van der Waals surface area contributed by atoms with Gasteiger partial charge in [-0.05, 0) is 12.5 Å². The SMILES string of the molecule is CCOC(=O)C1=C(O)CCN(Cc2ccccc2)C1=O. The van der Waals surface area contributed by atoms with Crippen LogP contribution in [0.15, 0.2) is 41.7 Å². The Morgan fingerprint density at radius 3 is 2.70 bits per heavy atom. The molecule has 0 bridgehead atoms. The van der Waals surface area contributed by atoms with Gasteiger partial charge >= 0.3 is 5.97 Å². The highest BCUT2D eigenvalue weighted by molar-refractivity contribution is 6.17. The molecule has 0 aromatic heterocycles. The van der Waals surface area contributed by atoms with Crippen LogP contribution >= 0.6 is 0 Å². The molecule has 1 aliphatic heterocycles. The van der Waals surface area contributed by atoms with Gasteiger partial charge in [-0.25, -0.2) is 4.79 Å². The highest BCUT2D eigenvalue weighted by atomic mass is 16.5. The smallest absolute Gasteiger partial charge is 0.347 e. The summed E-state index contributed by atoms with van der Waals surface area (Å²) in [5.41, 5.74) is 0.736. The Bertz CT molecular complexity index is 536. The lowest BCUT2D eigenvalue weighted by Crippen LogP contribution is -2.39. The van der Waals surface area contributed by atoms with Crippen LogP contribution in [0.3, 0.4) is 0 Å². The number of carbonyl (C=O) groups is 2. The van der Waals surface area contributed by atoms with E-state index in [2.05, 4.69) is 0 Å². The lowest BCUT2D eigenvalue weighted by Gasteiger charge is -2.27. The lowest BCUT2D eigenvalue weighted by atomic mass is 10.1. The number of hydrogen-bond donors (Lipinski definition) is 1. The first-order valence-corrected chi connectivity index (χ1v) is 6.56. The van der Waals surface area contributed by atoms with Gasteiger partial charge < -0.3 is 14.7 Å². The Labute approximate surface area is 117 Å². The fourth-order valence-electron chi connectivity index (χ4n) is 2.11. The minimum absolute atomic E-state index is 0.168. The molecule has 1 aromatic carbocycles. The maximum atomic E-state index is 12.3. The average Bonchev–Trinajstić information content (AvgIpc) is 2.44. The summed E-state index contributed by atoms with van der Waals surface area (Å²) in [7, 11) is 0. The van der Waals surface area contributed by atoms with E-state index in [0.29, 0.717) is 13.1 Å². The van der Waals surface area contributed by atoms with E-state index in [-0.39, 0.29) is 24.4 Å². The van der Waals surface area contributed by atoms with E-state index >= 15 is 0 Å². The zero-order valence-corrected chi connectivity index (χ0v) is 11.3. The van der Waals surface area contributed by atoms with E-state index in [1.807, 2.05) is 30.3 Å². The van der Waals surface area contributed by atoms with E-state index in [9.17, 15) is 14.7 Å². The fraction of sp³-hybridized carbons (Fsp3) is 0.333. The Hall–Kier alpha value is -2.30. The largest absolute Gasteiger partial charge is 0.511 e. The third-order valence-corrected chi connectivity index (χ3v) is 3.10. The van der Waals surface area contributed by atoms with Crippen molar-refractivity contribution in [2.45, 2.75) is 19.9 Å². The van der Waals surface area contributed by atoms with Gasteiger partial charge in [0.15, 0.2) is 5.57 Å². The van der Waals surface area contributed by atoms with E-state index in [0.717, 1.165) is 5.56 Å². The van der Waals surface area contributed by atoms with Crippen LogP contribution in [0.25, 0.3) is 0 Å². The maximum absolute atomic E-state index is 12.3. The van der Waals surface area contributed by atoms with Crippen molar-refractivity contribution in [2.75, 3.05) is 13.2 Å². The molecule has 106 valence electrons. The fourth-order valence-corrected chi connectivity index (χ4v) is 2.11. The minimum Gasteiger partial charge on any atom is -0.511 e. The molecule has 0 fully saturated rings. The van der Waals surface area contributed by atoms with Gasteiger partial charge in [0.2, 0.25) is 0 Å². The first kappa shape index (κ1) is 14.1. The van der Waals surface area contributed by atoms with Crippen LogP contribution in [-0.4, -0.2) is 35.0 Å². The number of aliphatic hydroxyl groups excluding tert-OH is 1. The van der Waals surface area contributed by atoms with Gasteiger partial charge in [0.25, 0.3) is 5.91 Å². The van der Waals surface area contributed by atoms with Crippen molar-refractivity contribution in [3.05, 3.63) is 47.2 Å². The predicted molar refractivity (Wildman–Crippen MR) is 72.8 cm³/mol. The Kier molecular flexibility index (Phi) is 4.40. The third kappa shape index (κ3) is 2.99. The maximum Gasteiger partial charge on any atom is 0.347 e. The van der Waals surface area contributed by atoms with E-state index < -0.39 is 11.9 Å². The van der Waals surface area contributed by atoms with Crippen molar-refractivity contribution in [3.63, 3.8) is 0 Å². The number of ether oxygens (including phenoxy) is 1. The van der Waals surface area contributed by atoms with E-state index in [1.54, 1.807) is 11.8 Å². The molecular formula is C15H17NO4. The Morgan fingerprint density at radius 2 is 2.05 bits per heavy atom. The van der Waals surface area contributed by atoms with E-state index in [1.165, 1.54) is 0 Å². The molecule has 1 aliphatic rings. The van der Waals surface area contributed by atoms with Gasteiger partial charge in [-0.3, -0.25) is 4.79 Å². The molecule has 0 spiro atoms. The van der Waals surface area contributed by atoms with Gasteiger partial charge in [0, 0.05) is 19.5 Å².